The van der Waals surface area contributed by atoms with Gasteiger partial charge in [-0.25, -0.2) is 9.97 Å². The maximum Gasteiger partial charge on any atom is 0.218 e. The summed E-state index contributed by atoms with van der Waals surface area (Å²) in [4.78, 5) is 17.4. The van der Waals surface area contributed by atoms with Crippen LogP contribution in [0.2, 0.25) is 0 Å². The van der Waals surface area contributed by atoms with Crippen LogP contribution in [0, 0.1) is 23.2 Å². The summed E-state index contributed by atoms with van der Waals surface area (Å²) in [6, 6.07) is 7.27. The van der Waals surface area contributed by atoms with Crippen molar-refractivity contribution in [1.29, 1.82) is 5.26 Å². The van der Waals surface area contributed by atoms with Crippen molar-refractivity contribution in [2.75, 3.05) is 19.0 Å². The van der Waals surface area contributed by atoms with Gasteiger partial charge in [0.25, 0.3) is 0 Å². The summed E-state index contributed by atoms with van der Waals surface area (Å²) >= 11 is 1.44. The van der Waals surface area contributed by atoms with E-state index in [0.29, 0.717) is 39.9 Å². The molecule has 3 atom stereocenters. The van der Waals surface area contributed by atoms with Gasteiger partial charge >= 0.3 is 0 Å². The number of nitriles is 1. The first-order chi connectivity index (χ1) is 15.7. The summed E-state index contributed by atoms with van der Waals surface area (Å²) < 4.78 is 20.1. The van der Waals surface area contributed by atoms with Gasteiger partial charge in [-0.15, -0.1) is 0 Å². The van der Waals surface area contributed by atoms with E-state index in [4.69, 9.17) is 15.7 Å². The molecule has 0 aromatic carbocycles. The number of anilines is 2. The average Bonchev–Trinajstić information content (AvgIpc) is 2.78. The number of nitrogens with one attached hydrogen (secondary N) is 1. The molecule has 3 aromatic heterocycles. The summed E-state index contributed by atoms with van der Waals surface area (Å²) in [7, 11) is 1.63. The second-order valence-corrected chi connectivity index (χ2v) is 9.98. The standard InChI is InChI=1S/C23H24FN7OS/c1-13-22(2,12-32-4)33-21(26)31-23(13,3)17-8-16(11-29-19(17)24)30-20-18-15(5-6-27-20)7-14(9-25)10-28-18/h5-8,10-11,13H,12H2,1-4H3,(H2,26,31)(H,27,30)/t13?,22-,23+/m1/s1. The van der Waals surface area contributed by atoms with Gasteiger partial charge in [0, 0.05) is 41.1 Å². The van der Waals surface area contributed by atoms with Gasteiger partial charge < -0.3 is 15.8 Å². The lowest BCUT2D eigenvalue weighted by Crippen LogP contribution is -2.50. The van der Waals surface area contributed by atoms with Gasteiger partial charge in [0.1, 0.15) is 11.6 Å². The van der Waals surface area contributed by atoms with Crippen molar-refractivity contribution in [3.8, 4) is 6.07 Å². The number of rotatable bonds is 5. The van der Waals surface area contributed by atoms with Crippen molar-refractivity contribution in [1.82, 2.24) is 15.0 Å². The van der Waals surface area contributed by atoms with Crippen LogP contribution in [0.25, 0.3) is 10.9 Å². The molecule has 0 spiro atoms. The number of hydrogen-bond donors (Lipinski definition) is 2. The minimum atomic E-state index is -0.955. The van der Waals surface area contributed by atoms with Crippen LogP contribution in [0.4, 0.5) is 15.9 Å². The molecular weight excluding hydrogens is 441 g/mol. The second-order valence-electron chi connectivity index (χ2n) is 8.42. The maximum atomic E-state index is 15.1. The number of ether oxygens (including phenoxy) is 1. The Morgan fingerprint density at radius 3 is 2.79 bits per heavy atom. The number of amidine groups is 1. The summed E-state index contributed by atoms with van der Waals surface area (Å²) in [5, 5.41) is 13.4. The fourth-order valence-electron chi connectivity index (χ4n) is 4.23. The van der Waals surface area contributed by atoms with Crippen molar-refractivity contribution in [3.63, 3.8) is 0 Å². The van der Waals surface area contributed by atoms with E-state index in [1.807, 2.05) is 20.8 Å². The lowest BCUT2D eigenvalue weighted by Gasteiger charge is -2.47. The molecule has 0 radical (unpaired) electrons. The molecule has 0 aliphatic carbocycles. The van der Waals surface area contributed by atoms with Gasteiger partial charge in [0.2, 0.25) is 5.95 Å². The van der Waals surface area contributed by atoms with E-state index in [1.54, 1.807) is 31.5 Å². The Kier molecular flexibility index (Phi) is 5.95. The molecule has 0 saturated carbocycles. The second kappa shape index (κ2) is 8.57. The third-order valence-corrected chi connectivity index (χ3v) is 7.48. The van der Waals surface area contributed by atoms with Crippen LogP contribution in [-0.2, 0) is 10.3 Å². The van der Waals surface area contributed by atoms with E-state index >= 15 is 4.39 Å². The zero-order chi connectivity index (χ0) is 23.8. The highest BCUT2D eigenvalue weighted by Crippen LogP contribution is 2.50. The van der Waals surface area contributed by atoms with Gasteiger partial charge in [-0.3, -0.25) is 9.98 Å². The largest absolute Gasteiger partial charge is 0.383 e. The molecule has 0 saturated heterocycles. The highest BCUT2D eigenvalue weighted by atomic mass is 32.2. The molecular formula is C23H24FN7OS. The minimum Gasteiger partial charge on any atom is -0.383 e. The Bertz CT molecular complexity index is 1290. The Morgan fingerprint density at radius 2 is 2.06 bits per heavy atom. The summed E-state index contributed by atoms with van der Waals surface area (Å²) in [6.07, 6.45) is 4.50. The van der Waals surface area contributed by atoms with Gasteiger partial charge in [-0.2, -0.15) is 9.65 Å². The van der Waals surface area contributed by atoms with Crippen molar-refractivity contribution in [3.05, 3.63) is 53.9 Å². The number of nitrogens with two attached hydrogens (primary N) is 1. The summed E-state index contributed by atoms with van der Waals surface area (Å²) in [5.41, 5.74) is 7.12. The normalized spacial score (nSPS) is 24.8. The molecule has 1 aliphatic heterocycles. The van der Waals surface area contributed by atoms with Crippen LogP contribution in [0.5, 0.6) is 0 Å². The summed E-state index contributed by atoms with van der Waals surface area (Å²) in [6.45, 7) is 6.36. The third-order valence-electron chi connectivity index (χ3n) is 6.25. The monoisotopic (exact) mass is 465 g/mol. The minimum absolute atomic E-state index is 0.115. The van der Waals surface area contributed by atoms with E-state index in [0.717, 1.165) is 5.39 Å². The van der Waals surface area contributed by atoms with E-state index in [2.05, 4.69) is 31.3 Å². The zero-order valence-electron chi connectivity index (χ0n) is 18.8. The molecule has 8 nitrogen and oxygen atoms in total. The van der Waals surface area contributed by atoms with Crippen LogP contribution in [0.3, 0.4) is 0 Å². The number of pyridine rings is 3. The van der Waals surface area contributed by atoms with E-state index in [-0.39, 0.29) is 5.92 Å². The number of hydrogen-bond acceptors (Lipinski definition) is 9. The number of aromatic nitrogens is 3. The van der Waals surface area contributed by atoms with Crippen LogP contribution in [0.15, 0.2) is 41.8 Å². The first kappa shape index (κ1) is 22.9. The summed E-state index contributed by atoms with van der Waals surface area (Å²) in [5.74, 6) is -0.252. The molecule has 170 valence electrons. The van der Waals surface area contributed by atoms with Crippen LogP contribution in [-0.4, -0.2) is 38.6 Å². The SMILES string of the molecule is COC[C@@]1(C)SC(N)=N[C@](C)(c2cc(Nc3nccc4cc(C#N)cnc34)cnc2F)C1C. The van der Waals surface area contributed by atoms with Crippen molar-refractivity contribution < 1.29 is 9.13 Å². The van der Waals surface area contributed by atoms with Crippen molar-refractivity contribution in [2.45, 2.75) is 31.1 Å². The smallest absolute Gasteiger partial charge is 0.218 e. The predicted molar refractivity (Wildman–Crippen MR) is 128 cm³/mol. The molecule has 4 rings (SSSR count). The Hall–Kier alpha value is -3.29. The molecule has 0 amide bonds. The van der Waals surface area contributed by atoms with Crippen molar-refractivity contribution >= 4 is 39.3 Å². The number of fused-ring (bicyclic) bond motifs is 1. The first-order valence-corrected chi connectivity index (χ1v) is 11.1. The van der Waals surface area contributed by atoms with Gasteiger partial charge in [-0.1, -0.05) is 18.7 Å². The van der Waals surface area contributed by atoms with E-state index in [9.17, 15) is 0 Å². The van der Waals surface area contributed by atoms with Crippen molar-refractivity contribution in [2.24, 2.45) is 16.6 Å². The van der Waals surface area contributed by atoms with Crippen LogP contribution >= 0.6 is 11.8 Å². The molecule has 3 N–H and O–H groups in total. The number of aliphatic imine (C=N–C) groups is 1. The topological polar surface area (TPSA) is 122 Å². The van der Waals surface area contributed by atoms with Gasteiger partial charge in [0.05, 0.1) is 29.6 Å². The third kappa shape index (κ3) is 4.10. The fraction of sp³-hybridized carbons (Fsp3) is 0.348. The molecule has 10 heteroatoms. The van der Waals surface area contributed by atoms with Crippen LogP contribution < -0.4 is 11.1 Å². The molecule has 3 aromatic rings. The van der Waals surface area contributed by atoms with E-state index in [1.165, 1.54) is 24.2 Å². The molecule has 33 heavy (non-hydrogen) atoms. The molecule has 4 heterocycles. The maximum absolute atomic E-state index is 15.1. The number of thioether (sulfide) groups is 1. The number of halogens is 1. The Morgan fingerprint density at radius 1 is 1.27 bits per heavy atom. The molecule has 0 bridgehead atoms. The molecule has 1 unspecified atom stereocenters. The number of nitrogens with zero attached hydrogens (tertiary/aromatic N) is 5. The number of methoxy groups -OCH3 is 1. The van der Waals surface area contributed by atoms with Gasteiger partial charge in [0.15, 0.2) is 11.0 Å². The lowest BCUT2D eigenvalue weighted by atomic mass is 9.74. The van der Waals surface area contributed by atoms with Crippen LogP contribution in [0.1, 0.15) is 31.9 Å². The predicted octanol–water partition coefficient (Wildman–Crippen LogP) is 4.10. The fourth-order valence-corrected chi connectivity index (χ4v) is 5.52. The quantitative estimate of drug-likeness (QED) is 0.540. The molecule has 0 fully saturated rings. The van der Waals surface area contributed by atoms with E-state index < -0.39 is 16.2 Å². The zero-order valence-corrected chi connectivity index (χ0v) is 19.6. The highest BCUT2D eigenvalue weighted by molar-refractivity contribution is 8.15. The molecule has 1 aliphatic rings. The Balaban J connectivity index is 1.76. The Labute approximate surface area is 195 Å². The van der Waals surface area contributed by atoms with Gasteiger partial charge in [-0.05, 0) is 32.0 Å². The average molecular weight is 466 g/mol. The first-order valence-electron chi connectivity index (χ1n) is 10.3. The highest BCUT2D eigenvalue weighted by Gasteiger charge is 2.50. The lowest BCUT2D eigenvalue weighted by molar-refractivity contribution is 0.124.